The Bertz CT molecular complexity index is 591. The molecule has 0 aliphatic heterocycles. The van der Waals surface area contributed by atoms with Gasteiger partial charge in [-0.15, -0.1) is 11.3 Å². The minimum atomic E-state index is -0.512. The first kappa shape index (κ1) is 12.3. The van der Waals surface area contributed by atoms with Crippen LogP contribution in [0.5, 0.6) is 0 Å². The largest absolute Gasteiger partial charge is 0.366 e. The highest BCUT2D eigenvalue weighted by molar-refractivity contribution is 7.12. The summed E-state index contributed by atoms with van der Waals surface area (Å²) in [5.74, 6) is -0.698. The van der Waals surface area contributed by atoms with E-state index in [0.29, 0.717) is 16.1 Å². The molecule has 92 valence electrons. The lowest BCUT2D eigenvalue weighted by molar-refractivity contribution is 0.0996. The van der Waals surface area contributed by atoms with E-state index >= 15 is 0 Å². The van der Waals surface area contributed by atoms with Gasteiger partial charge in [-0.2, -0.15) is 0 Å². The molecule has 2 rings (SSSR count). The molecule has 3 N–H and O–H groups in total. The molecule has 0 aliphatic rings. The lowest BCUT2D eigenvalue weighted by Crippen LogP contribution is -2.14. The first-order chi connectivity index (χ1) is 8.58. The van der Waals surface area contributed by atoms with Crippen LogP contribution in [0.1, 0.15) is 25.6 Å². The fourth-order valence-electron chi connectivity index (χ4n) is 1.50. The van der Waals surface area contributed by atoms with E-state index in [1.807, 2.05) is 18.4 Å². The van der Waals surface area contributed by atoms with Crippen LogP contribution in [0.2, 0.25) is 0 Å². The molecule has 18 heavy (non-hydrogen) atoms. The van der Waals surface area contributed by atoms with Crippen LogP contribution in [-0.4, -0.2) is 11.8 Å². The van der Waals surface area contributed by atoms with E-state index < -0.39 is 5.91 Å². The molecular weight excluding hydrogens is 248 g/mol. The molecule has 0 radical (unpaired) electrons. The Balaban J connectivity index is 2.26. The Morgan fingerprint density at radius 2 is 2.06 bits per heavy atom. The maximum absolute atomic E-state index is 11.9. The summed E-state index contributed by atoms with van der Waals surface area (Å²) in [7, 11) is 0. The minimum absolute atomic E-state index is 0.185. The highest BCUT2D eigenvalue weighted by Crippen LogP contribution is 2.19. The van der Waals surface area contributed by atoms with Crippen LogP contribution in [0, 0.1) is 6.92 Å². The maximum atomic E-state index is 11.9. The van der Waals surface area contributed by atoms with Crippen molar-refractivity contribution in [3.63, 3.8) is 0 Å². The molecule has 0 aliphatic carbocycles. The Morgan fingerprint density at radius 3 is 2.67 bits per heavy atom. The highest BCUT2D eigenvalue weighted by atomic mass is 32.1. The second-order valence-corrected chi connectivity index (χ2v) is 4.77. The second kappa shape index (κ2) is 5.01. The van der Waals surface area contributed by atoms with Crippen molar-refractivity contribution in [2.45, 2.75) is 6.92 Å². The van der Waals surface area contributed by atoms with E-state index in [1.165, 1.54) is 11.3 Å². The summed E-state index contributed by atoms with van der Waals surface area (Å²) in [5, 5.41) is 4.61. The van der Waals surface area contributed by atoms with Crippen LogP contribution in [0.3, 0.4) is 0 Å². The predicted octanol–water partition coefficient (Wildman–Crippen LogP) is 2.41. The number of thiophene rings is 1. The van der Waals surface area contributed by atoms with Gasteiger partial charge in [0, 0.05) is 11.3 Å². The van der Waals surface area contributed by atoms with E-state index in [1.54, 1.807) is 24.3 Å². The van der Waals surface area contributed by atoms with Gasteiger partial charge in [-0.3, -0.25) is 9.59 Å². The van der Waals surface area contributed by atoms with Gasteiger partial charge >= 0.3 is 0 Å². The van der Waals surface area contributed by atoms with Gasteiger partial charge < -0.3 is 11.1 Å². The summed E-state index contributed by atoms with van der Waals surface area (Å²) in [6.45, 7) is 1.86. The number of anilines is 1. The van der Waals surface area contributed by atoms with Crippen LogP contribution in [0.25, 0.3) is 0 Å². The molecule has 0 saturated carbocycles. The first-order valence-corrected chi connectivity index (χ1v) is 6.21. The van der Waals surface area contributed by atoms with Crippen molar-refractivity contribution in [1.29, 1.82) is 0 Å². The number of amides is 2. The molecule has 0 atom stereocenters. The quantitative estimate of drug-likeness (QED) is 0.889. The lowest BCUT2D eigenvalue weighted by Gasteiger charge is -2.08. The summed E-state index contributed by atoms with van der Waals surface area (Å²) >= 11 is 1.36. The summed E-state index contributed by atoms with van der Waals surface area (Å²) < 4.78 is 0. The molecule has 0 bridgehead atoms. The van der Waals surface area contributed by atoms with Crippen molar-refractivity contribution in [2.24, 2.45) is 5.73 Å². The SMILES string of the molecule is Cc1ccc(C(N)=O)cc1NC(=O)c1cccs1. The average Bonchev–Trinajstić information content (AvgIpc) is 2.85. The zero-order chi connectivity index (χ0) is 13.1. The second-order valence-electron chi connectivity index (χ2n) is 3.83. The molecule has 1 aromatic carbocycles. The van der Waals surface area contributed by atoms with Crippen molar-refractivity contribution in [2.75, 3.05) is 5.32 Å². The zero-order valence-electron chi connectivity index (χ0n) is 9.77. The molecule has 0 saturated heterocycles. The van der Waals surface area contributed by atoms with E-state index in [0.717, 1.165) is 5.56 Å². The van der Waals surface area contributed by atoms with Crippen LogP contribution in [0.4, 0.5) is 5.69 Å². The van der Waals surface area contributed by atoms with Gasteiger partial charge in [0.15, 0.2) is 0 Å². The Kier molecular flexibility index (Phi) is 3.43. The number of hydrogen-bond acceptors (Lipinski definition) is 3. The molecule has 1 heterocycles. The van der Waals surface area contributed by atoms with Gasteiger partial charge in [-0.1, -0.05) is 12.1 Å². The first-order valence-electron chi connectivity index (χ1n) is 5.33. The number of nitrogens with two attached hydrogens (primary N) is 1. The minimum Gasteiger partial charge on any atom is -0.366 e. The molecular formula is C13H12N2O2S. The fourth-order valence-corrected chi connectivity index (χ4v) is 2.12. The maximum Gasteiger partial charge on any atom is 0.265 e. The normalized spacial score (nSPS) is 10.1. The molecule has 4 nitrogen and oxygen atoms in total. The molecule has 1 aromatic heterocycles. The number of nitrogens with one attached hydrogen (secondary N) is 1. The number of primary amides is 1. The van der Waals surface area contributed by atoms with Crippen LogP contribution < -0.4 is 11.1 Å². The zero-order valence-corrected chi connectivity index (χ0v) is 10.6. The highest BCUT2D eigenvalue weighted by Gasteiger charge is 2.10. The molecule has 0 spiro atoms. The topological polar surface area (TPSA) is 72.2 Å². The number of benzene rings is 1. The number of aryl methyl sites for hydroxylation is 1. The Morgan fingerprint density at radius 1 is 1.28 bits per heavy atom. The van der Waals surface area contributed by atoms with E-state index in [2.05, 4.69) is 5.32 Å². The van der Waals surface area contributed by atoms with Crippen molar-refractivity contribution < 1.29 is 9.59 Å². The summed E-state index contributed by atoms with van der Waals surface area (Å²) in [6.07, 6.45) is 0. The number of carbonyl (C=O) groups excluding carboxylic acids is 2. The van der Waals surface area contributed by atoms with Crippen molar-refractivity contribution in [3.8, 4) is 0 Å². The van der Waals surface area contributed by atoms with Gasteiger partial charge in [0.2, 0.25) is 5.91 Å². The molecule has 2 aromatic rings. The molecule has 0 unspecified atom stereocenters. The smallest absolute Gasteiger partial charge is 0.265 e. The number of rotatable bonds is 3. The summed E-state index contributed by atoms with van der Waals surface area (Å²) in [6, 6.07) is 8.53. The third kappa shape index (κ3) is 2.57. The predicted molar refractivity (Wildman–Crippen MR) is 72.0 cm³/mol. The van der Waals surface area contributed by atoms with Crippen molar-refractivity contribution in [1.82, 2.24) is 0 Å². The number of carbonyl (C=O) groups is 2. The fraction of sp³-hybridized carbons (Fsp3) is 0.0769. The van der Waals surface area contributed by atoms with Gasteiger partial charge in [0.25, 0.3) is 5.91 Å². The number of hydrogen-bond donors (Lipinski definition) is 2. The van der Waals surface area contributed by atoms with Crippen LogP contribution in [0.15, 0.2) is 35.7 Å². The van der Waals surface area contributed by atoms with Gasteiger partial charge in [0.1, 0.15) is 0 Å². The van der Waals surface area contributed by atoms with Crippen molar-refractivity contribution >= 4 is 28.8 Å². The Labute approximate surface area is 108 Å². The molecule has 0 fully saturated rings. The average molecular weight is 260 g/mol. The van der Waals surface area contributed by atoms with Gasteiger partial charge in [-0.05, 0) is 36.1 Å². The van der Waals surface area contributed by atoms with Crippen molar-refractivity contribution in [3.05, 3.63) is 51.7 Å². The van der Waals surface area contributed by atoms with E-state index in [4.69, 9.17) is 5.73 Å². The third-order valence-corrected chi connectivity index (χ3v) is 3.38. The van der Waals surface area contributed by atoms with E-state index in [9.17, 15) is 9.59 Å². The molecule has 5 heteroatoms. The standard InChI is InChI=1S/C13H12N2O2S/c1-8-4-5-9(12(14)16)7-10(8)15-13(17)11-3-2-6-18-11/h2-7H,1H3,(H2,14,16)(H,15,17). The monoisotopic (exact) mass is 260 g/mol. The van der Waals surface area contributed by atoms with Crippen LogP contribution in [-0.2, 0) is 0 Å². The third-order valence-electron chi connectivity index (χ3n) is 2.52. The van der Waals surface area contributed by atoms with E-state index in [-0.39, 0.29) is 5.91 Å². The summed E-state index contributed by atoms with van der Waals surface area (Å²) in [5.41, 5.74) is 7.07. The van der Waals surface area contributed by atoms with Crippen LogP contribution >= 0.6 is 11.3 Å². The lowest BCUT2D eigenvalue weighted by atomic mass is 10.1. The Hall–Kier alpha value is -2.14. The molecule has 2 amide bonds. The van der Waals surface area contributed by atoms with Gasteiger partial charge in [-0.25, -0.2) is 0 Å². The summed E-state index contributed by atoms with van der Waals surface area (Å²) in [4.78, 5) is 23.6. The van der Waals surface area contributed by atoms with Gasteiger partial charge in [0.05, 0.1) is 4.88 Å².